The molecule has 2 rings (SSSR count). The van der Waals surface area contributed by atoms with Crippen molar-refractivity contribution in [3.05, 3.63) is 30.0 Å². The van der Waals surface area contributed by atoms with Gasteiger partial charge >= 0.3 is 0 Å². The van der Waals surface area contributed by atoms with Gasteiger partial charge in [0.15, 0.2) is 5.82 Å². The Kier molecular flexibility index (Phi) is 4.65. The Balaban J connectivity index is 2.28. The number of furan rings is 1. The molecule has 22 heavy (non-hydrogen) atoms. The Labute approximate surface area is 129 Å². The lowest BCUT2D eigenvalue weighted by atomic mass is 10.1. The summed E-state index contributed by atoms with van der Waals surface area (Å²) < 4.78 is 10.7. The number of hydrogen-bond acceptors (Lipinski definition) is 6. The average molecular weight is 304 g/mol. The lowest BCUT2D eigenvalue weighted by Crippen LogP contribution is -2.22. The number of aromatic nitrogens is 2. The van der Waals surface area contributed by atoms with Gasteiger partial charge in [-0.05, 0) is 26.0 Å². The summed E-state index contributed by atoms with van der Waals surface area (Å²) >= 11 is 0. The van der Waals surface area contributed by atoms with Crippen LogP contribution in [0.15, 0.2) is 22.9 Å². The molecule has 0 radical (unpaired) electrons. The van der Waals surface area contributed by atoms with Gasteiger partial charge in [-0.1, -0.05) is 0 Å². The van der Waals surface area contributed by atoms with Crippen molar-refractivity contribution in [2.75, 3.05) is 31.4 Å². The Morgan fingerprint density at radius 2 is 2.09 bits per heavy atom. The fraction of sp³-hybridized carbons (Fsp3) is 0.400. The third-order valence-corrected chi connectivity index (χ3v) is 3.24. The molecular weight excluding hydrogens is 284 g/mol. The first-order valence-electron chi connectivity index (χ1n) is 6.87. The van der Waals surface area contributed by atoms with Crippen LogP contribution in [0.2, 0.25) is 0 Å². The van der Waals surface area contributed by atoms with Gasteiger partial charge in [0.25, 0.3) is 0 Å². The number of ether oxygens (including phenoxy) is 1. The Hall–Kier alpha value is -2.57. The standard InChI is InChI=1S/C15H20N4O3/c1-9-6-7-11(22-9)10(2)14(20)18-12-13(19(3)4)16-8-17-15(12)21-5/h6-8,10H,1-5H3,(H,18,20). The van der Waals surface area contributed by atoms with Gasteiger partial charge in [0.05, 0.1) is 13.0 Å². The predicted molar refractivity (Wildman–Crippen MR) is 83.4 cm³/mol. The Morgan fingerprint density at radius 3 is 2.64 bits per heavy atom. The molecule has 0 aliphatic rings. The molecule has 2 aromatic rings. The number of aryl methyl sites for hydroxylation is 1. The number of nitrogens with one attached hydrogen (secondary N) is 1. The summed E-state index contributed by atoms with van der Waals surface area (Å²) in [7, 11) is 5.16. The van der Waals surface area contributed by atoms with Crippen molar-refractivity contribution in [3.8, 4) is 5.88 Å². The SMILES string of the molecule is COc1ncnc(N(C)C)c1NC(=O)C(C)c1ccc(C)o1. The summed E-state index contributed by atoms with van der Waals surface area (Å²) in [6.07, 6.45) is 1.39. The van der Waals surface area contributed by atoms with Gasteiger partial charge in [-0.15, -0.1) is 0 Å². The van der Waals surface area contributed by atoms with Crippen LogP contribution in [0.3, 0.4) is 0 Å². The summed E-state index contributed by atoms with van der Waals surface area (Å²) in [5.74, 6) is 1.61. The minimum atomic E-state index is -0.436. The number of rotatable bonds is 5. The van der Waals surface area contributed by atoms with E-state index in [1.165, 1.54) is 13.4 Å². The second-order valence-corrected chi connectivity index (χ2v) is 5.14. The van der Waals surface area contributed by atoms with Crippen LogP contribution < -0.4 is 15.0 Å². The molecule has 7 nitrogen and oxygen atoms in total. The number of methoxy groups -OCH3 is 1. The van der Waals surface area contributed by atoms with E-state index >= 15 is 0 Å². The van der Waals surface area contributed by atoms with E-state index < -0.39 is 5.92 Å². The van der Waals surface area contributed by atoms with Crippen molar-refractivity contribution in [1.29, 1.82) is 0 Å². The first-order valence-corrected chi connectivity index (χ1v) is 6.87. The van der Waals surface area contributed by atoms with Gasteiger partial charge in [-0.25, -0.2) is 4.98 Å². The fourth-order valence-electron chi connectivity index (χ4n) is 2.01. The van der Waals surface area contributed by atoms with E-state index in [4.69, 9.17) is 9.15 Å². The summed E-state index contributed by atoms with van der Waals surface area (Å²) in [5, 5.41) is 2.83. The molecule has 2 heterocycles. The van der Waals surface area contributed by atoms with E-state index in [1.54, 1.807) is 17.9 Å². The Bertz CT molecular complexity index is 667. The second-order valence-electron chi connectivity index (χ2n) is 5.14. The van der Waals surface area contributed by atoms with E-state index in [-0.39, 0.29) is 5.91 Å². The van der Waals surface area contributed by atoms with Crippen LogP contribution in [0.25, 0.3) is 0 Å². The molecule has 1 N–H and O–H groups in total. The second kappa shape index (κ2) is 6.46. The third-order valence-electron chi connectivity index (χ3n) is 3.24. The molecule has 0 fully saturated rings. The first-order chi connectivity index (χ1) is 10.4. The number of amides is 1. The number of anilines is 2. The van der Waals surface area contributed by atoms with Gasteiger partial charge < -0.3 is 19.4 Å². The lowest BCUT2D eigenvalue weighted by Gasteiger charge is -2.19. The van der Waals surface area contributed by atoms with Crippen molar-refractivity contribution >= 4 is 17.4 Å². The normalized spacial score (nSPS) is 11.9. The molecule has 0 bridgehead atoms. The maximum atomic E-state index is 12.5. The van der Waals surface area contributed by atoms with E-state index in [0.29, 0.717) is 23.1 Å². The monoisotopic (exact) mass is 304 g/mol. The number of hydrogen-bond donors (Lipinski definition) is 1. The first kappa shape index (κ1) is 15.8. The van der Waals surface area contributed by atoms with Gasteiger partial charge in [0.2, 0.25) is 11.8 Å². The zero-order chi connectivity index (χ0) is 16.3. The molecule has 0 spiro atoms. The summed E-state index contributed by atoms with van der Waals surface area (Å²) in [4.78, 5) is 22.4. The average Bonchev–Trinajstić information content (AvgIpc) is 2.92. The third kappa shape index (κ3) is 3.19. The van der Waals surface area contributed by atoms with Gasteiger partial charge in [-0.2, -0.15) is 4.98 Å². The number of carbonyl (C=O) groups is 1. The van der Waals surface area contributed by atoms with E-state index in [1.807, 2.05) is 27.1 Å². The number of nitrogens with zero attached hydrogens (tertiary/aromatic N) is 3. The highest BCUT2D eigenvalue weighted by atomic mass is 16.5. The predicted octanol–water partition coefficient (Wildman–Crippen LogP) is 2.19. The van der Waals surface area contributed by atoms with Gasteiger partial charge in [0, 0.05) is 14.1 Å². The topological polar surface area (TPSA) is 80.5 Å². The van der Waals surface area contributed by atoms with Gasteiger partial charge in [-0.3, -0.25) is 4.79 Å². The summed E-state index contributed by atoms with van der Waals surface area (Å²) in [5.41, 5.74) is 0.440. The molecule has 1 amide bonds. The molecule has 7 heteroatoms. The molecule has 118 valence electrons. The smallest absolute Gasteiger partial charge is 0.242 e. The van der Waals surface area contributed by atoms with Crippen LogP contribution in [0.4, 0.5) is 11.5 Å². The van der Waals surface area contributed by atoms with E-state index in [0.717, 1.165) is 5.76 Å². The van der Waals surface area contributed by atoms with Crippen LogP contribution >= 0.6 is 0 Å². The molecule has 1 atom stereocenters. The van der Waals surface area contributed by atoms with E-state index in [2.05, 4.69) is 15.3 Å². The van der Waals surface area contributed by atoms with Crippen LogP contribution in [0.5, 0.6) is 5.88 Å². The number of carbonyl (C=O) groups excluding carboxylic acids is 1. The maximum absolute atomic E-state index is 12.5. The van der Waals surface area contributed by atoms with Crippen LogP contribution in [0.1, 0.15) is 24.4 Å². The zero-order valence-electron chi connectivity index (χ0n) is 13.4. The molecule has 0 aromatic carbocycles. The van der Waals surface area contributed by atoms with Crippen molar-refractivity contribution in [2.24, 2.45) is 0 Å². The quantitative estimate of drug-likeness (QED) is 0.912. The minimum Gasteiger partial charge on any atom is -0.479 e. The largest absolute Gasteiger partial charge is 0.479 e. The highest BCUT2D eigenvalue weighted by molar-refractivity contribution is 5.98. The van der Waals surface area contributed by atoms with Crippen LogP contribution in [-0.4, -0.2) is 37.1 Å². The lowest BCUT2D eigenvalue weighted by molar-refractivity contribution is -0.117. The van der Waals surface area contributed by atoms with Crippen molar-refractivity contribution in [3.63, 3.8) is 0 Å². The van der Waals surface area contributed by atoms with Crippen molar-refractivity contribution < 1.29 is 13.9 Å². The molecule has 0 aliphatic heterocycles. The molecule has 0 aliphatic carbocycles. The molecule has 2 aromatic heterocycles. The van der Waals surface area contributed by atoms with E-state index in [9.17, 15) is 4.79 Å². The fourth-order valence-corrected chi connectivity index (χ4v) is 2.01. The molecule has 0 saturated heterocycles. The van der Waals surface area contributed by atoms with Gasteiger partial charge in [0.1, 0.15) is 23.5 Å². The molecule has 0 saturated carbocycles. The maximum Gasteiger partial charge on any atom is 0.242 e. The van der Waals surface area contributed by atoms with Crippen molar-refractivity contribution in [1.82, 2.24) is 9.97 Å². The van der Waals surface area contributed by atoms with Crippen LogP contribution in [-0.2, 0) is 4.79 Å². The van der Waals surface area contributed by atoms with Crippen molar-refractivity contribution in [2.45, 2.75) is 19.8 Å². The highest BCUT2D eigenvalue weighted by Crippen LogP contribution is 2.31. The summed E-state index contributed by atoms with van der Waals surface area (Å²) in [6.45, 7) is 3.62. The minimum absolute atomic E-state index is 0.217. The van der Waals surface area contributed by atoms with Crippen LogP contribution in [0, 0.1) is 6.92 Å². The molecule has 1 unspecified atom stereocenters. The summed E-state index contributed by atoms with van der Waals surface area (Å²) in [6, 6.07) is 3.63. The zero-order valence-corrected chi connectivity index (χ0v) is 13.4. The molecular formula is C15H20N4O3. The Morgan fingerprint density at radius 1 is 1.36 bits per heavy atom. The highest BCUT2D eigenvalue weighted by Gasteiger charge is 2.23.